The van der Waals surface area contributed by atoms with Gasteiger partial charge in [0.1, 0.15) is 5.54 Å². The summed E-state index contributed by atoms with van der Waals surface area (Å²) in [6.45, 7) is 6.68. The Morgan fingerprint density at radius 2 is 1.73 bits per heavy atom. The van der Waals surface area contributed by atoms with E-state index in [1.54, 1.807) is 4.90 Å². The fraction of sp³-hybridized carbons (Fsp3) is 0.462. The van der Waals surface area contributed by atoms with Crippen LogP contribution in [0.1, 0.15) is 66.6 Å². The maximum absolute atomic E-state index is 13.6. The second-order valence-electron chi connectivity index (χ2n) is 9.41. The van der Waals surface area contributed by atoms with Crippen molar-refractivity contribution in [1.82, 2.24) is 10.2 Å². The fourth-order valence-electron chi connectivity index (χ4n) is 4.79. The molecule has 1 heterocycles. The summed E-state index contributed by atoms with van der Waals surface area (Å²) in [7, 11) is 0. The monoisotopic (exact) mass is 404 g/mol. The quantitative estimate of drug-likeness (QED) is 0.807. The molecule has 2 aromatic carbocycles. The highest BCUT2D eigenvalue weighted by molar-refractivity contribution is 6.02. The summed E-state index contributed by atoms with van der Waals surface area (Å²) in [5.41, 5.74) is 2.98. The van der Waals surface area contributed by atoms with Crippen LogP contribution in [0.15, 0.2) is 48.5 Å². The van der Waals surface area contributed by atoms with Crippen LogP contribution in [0.3, 0.4) is 0 Å². The molecular weight excluding hydrogens is 372 g/mol. The topological polar surface area (TPSA) is 49.4 Å². The van der Waals surface area contributed by atoms with Gasteiger partial charge in [0, 0.05) is 24.6 Å². The van der Waals surface area contributed by atoms with E-state index in [0.29, 0.717) is 18.5 Å². The first-order valence-electron chi connectivity index (χ1n) is 11.1. The van der Waals surface area contributed by atoms with Crippen LogP contribution < -0.4 is 5.32 Å². The Kier molecular flexibility index (Phi) is 5.68. The number of nitrogens with one attached hydrogen (secondary N) is 1. The lowest BCUT2D eigenvalue weighted by molar-refractivity contribution is -0.133. The first-order chi connectivity index (χ1) is 14.4. The third-order valence-corrected chi connectivity index (χ3v) is 6.92. The van der Waals surface area contributed by atoms with Crippen LogP contribution in [0.4, 0.5) is 0 Å². The van der Waals surface area contributed by atoms with Crippen LogP contribution in [-0.4, -0.2) is 28.3 Å². The lowest BCUT2D eigenvalue weighted by Gasteiger charge is -2.45. The number of carbonyl (C=O) groups excluding carboxylic acids is 2. The number of hydrogen-bond donors (Lipinski definition) is 1. The maximum Gasteiger partial charge on any atom is 0.255 e. The van der Waals surface area contributed by atoms with E-state index >= 15 is 0 Å². The lowest BCUT2D eigenvalue weighted by Crippen LogP contribution is -2.63. The van der Waals surface area contributed by atoms with E-state index in [1.807, 2.05) is 43.3 Å². The van der Waals surface area contributed by atoms with Crippen LogP contribution in [0, 0.1) is 12.8 Å². The molecule has 0 aromatic heterocycles. The van der Waals surface area contributed by atoms with E-state index < -0.39 is 5.54 Å². The minimum absolute atomic E-state index is 0.0305. The van der Waals surface area contributed by atoms with Gasteiger partial charge in [-0.15, -0.1) is 0 Å². The first kappa shape index (κ1) is 20.6. The molecule has 0 bridgehead atoms. The predicted octanol–water partition coefficient (Wildman–Crippen LogP) is 4.65. The third-order valence-electron chi connectivity index (χ3n) is 6.92. The zero-order valence-electron chi connectivity index (χ0n) is 18.3. The first-order valence-corrected chi connectivity index (χ1v) is 11.1. The summed E-state index contributed by atoms with van der Waals surface area (Å²) in [5.74, 6) is 0.638. The minimum atomic E-state index is -0.903. The Bertz CT molecular complexity index is 928. The average Bonchev–Trinajstić information content (AvgIpc) is 2.74. The molecule has 2 aliphatic rings. The molecule has 2 aromatic rings. The van der Waals surface area contributed by atoms with Crippen molar-refractivity contribution in [2.24, 2.45) is 5.92 Å². The highest BCUT2D eigenvalue weighted by atomic mass is 16.2. The largest absolute Gasteiger partial charge is 0.351 e. The molecule has 1 N–H and O–H groups in total. The molecule has 158 valence electrons. The van der Waals surface area contributed by atoms with Gasteiger partial charge in [0.2, 0.25) is 5.91 Å². The Morgan fingerprint density at radius 3 is 2.43 bits per heavy atom. The number of rotatable bonds is 4. The maximum atomic E-state index is 13.6. The summed E-state index contributed by atoms with van der Waals surface area (Å²) >= 11 is 0. The van der Waals surface area contributed by atoms with Gasteiger partial charge in [-0.3, -0.25) is 9.59 Å². The molecule has 1 aliphatic heterocycles. The van der Waals surface area contributed by atoms with E-state index in [0.717, 1.165) is 42.7 Å². The molecule has 2 amide bonds. The number of amides is 2. The Labute approximate surface area is 179 Å². The normalized spacial score (nSPS) is 26.2. The third kappa shape index (κ3) is 4.00. The number of hydrogen-bond acceptors (Lipinski definition) is 2. The van der Waals surface area contributed by atoms with E-state index in [2.05, 4.69) is 31.3 Å². The van der Waals surface area contributed by atoms with Crippen molar-refractivity contribution in [3.8, 4) is 0 Å². The number of aryl methyl sites for hydroxylation is 1. The molecule has 30 heavy (non-hydrogen) atoms. The van der Waals surface area contributed by atoms with Gasteiger partial charge in [-0.2, -0.15) is 0 Å². The molecule has 4 rings (SSSR count). The lowest BCUT2D eigenvalue weighted by atomic mass is 9.81. The standard InChI is InChI=1S/C26H32N2O2/c1-18-8-12-20(13-9-18)17-28-24(29)23-7-5-4-6-21(23)16-26(28,3)25(30)27-22-14-10-19(2)11-15-22/h4-9,12-13,19,22H,10-11,14-17H2,1-3H3,(H,27,30)/t19?,22?,26-/m1/s1. The number of fused-ring (bicyclic) bond motifs is 1. The van der Waals surface area contributed by atoms with E-state index in [4.69, 9.17) is 0 Å². The van der Waals surface area contributed by atoms with Crippen molar-refractivity contribution in [2.45, 2.75) is 71.0 Å². The molecule has 1 aliphatic carbocycles. The second kappa shape index (κ2) is 8.25. The molecule has 0 saturated heterocycles. The van der Waals surface area contributed by atoms with Gasteiger partial charge in [-0.05, 0) is 62.6 Å². The summed E-state index contributed by atoms with van der Waals surface area (Å²) in [4.78, 5) is 28.8. The van der Waals surface area contributed by atoms with Crippen molar-refractivity contribution in [2.75, 3.05) is 0 Å². The Morgan fingerprint density at radius 1 is 1.07 bits per heavy atom. The summed E-state index contributed by atoms with van der Waals surface area (Å²) in [5, 5.41) is 3.29. The van der Waals surface area contributed by atoms with Crippen molar-refractivity contribution in [3.63, 3.8) is 0 Å². The Hall–Kier alpha value is -2.62. The average molecular weight is 405 g/mol. The van der Waals surface area contributed by atoms with Gasteiger partial charge in [-0.25, -0.2) is 0 Å². The predicted molar refractivity (Wildman–Crippen MR) is 119 cm³/mol. The number of benzene rings is 2. The second-order valence-corrected chi connectivity index (χ2v) is 9.41. The van der Waals surface area contributed by atoms with Crippen molar-refractivity contribution in [3.05, 3.63) is 70.8 Å². The van der Waals surface area contributed by atoms with Gasteiger partial charge >= 0.3 is 0 Å². The number of nitrogens with zero attached hydrogens (tertiary/aromatic N) is 1. The van der Waals surface area contributed by atoms with Crippen molar-refractivity contribution < 1.29 is 9.59 Å². The molecule has 0 radical (unpaired) electrons. The number of carbonyl (C=O) groups is 2. The summed E-state index contributed by atoms with van der Waals surface area (Å²) < 4.78 is 0. The highest BCUT2D eigenvalue weighted by Crippen LogP contribution is 2.33. The molecule has 1 fully saturated rings. The molecule has 0 unspecified atom stereocenters. The van der Waals surface area contributed by atoms with Gasteiger partial charge < -0.3 is 10.2 Å². The molecular formula is C26H32N2O2. The molecule has 1 atom stereocenters. The van der Waals surface area contributed by atoms with Crippen LogP contribution in [0.2, 0.25) is 0 Å². The van der Waals surface area contributed by atoms with Crippen LogP contribution in [-0.2, 0) is 17.8 Å². The van der Waals surface area contributed by atoms with E-state index in [-0.39, 0.29) is 17.9 Å². The Balaban J connectivity index is 1.63. The van der Waals surface area contributed by atoms with Crippen molar-refractivity contribution in [1.29, 1.82) is 0 Å². The highest BCUT2D eigenvalue weighted by Gasteiger charge is 2.47. The van der Waals surface area contributed by atoms with Crippen molar-refractivity contribution >= 4 is 11.8 Å². The minimum Gasteiger partial charge on any atom is -0.351 e. The summed E-state index contributed by atoms with van der Waals surface area (Å²) in [6, 6.07) is 16.1. The molecule has 4 nitrogen and oxygen atoms in total. The van der Waals surface area contributed by atoms with E-state index in [9.17, 15) is 9.59 Å². The summed E-state index contributed by atoms with van der Waals surface area (Å²) in [6.07, 6.45) is 4.87. The van der Waals surface area contributed by atoms with Crippen LogP contribution in [0.25, 0.3) is 0 Å². The molecule has 1 saturated carbocycles. The zero-order valence-corrected chi connectivity index (χ0v) is 18.3. The van der Waals surface area contributed by atoms with Gasteiger partial charge in [0.15, 0.2) is 0 Å². The van der Waals surface area contributed by atoms with Gasteiger partial charge in [0.05, 0.1) is 0 Å². The molecule has 4 heteroatoms. The smallest absolute Gasteiger partial charge is 0.255 e. The van der Waals surface area contributed by atoms with E-state index in [1.165, 1.54) is 5.56 Å². The van der Waals surface area contributed by atoms with Crippen LogP contribution in [0.5, 0.6) is 0 Å². The molecule has 0 spiro atoms. The van der Waals surface area contributed by atoms with Gasteiger partial charge in [0.25, 0.3) is 5.91 Å². The SMILES string of the molecule is Cc1ccc(CN2C(=O)c3ccccc3C[C@]2(C)C(=O)NC2CCC(C)CC2)cc1. The van der Waals surface area contributed by atoms with Gasteiger partial charge in [-0.1, -0.05) is 55.0 Å². The fourth-order valence-corrected chi connectivity index (χ4v) is 4.79. The van der Waals surface area contributed by atoms with Crippen LogP contribution >= 0.6 is 0 Å². The zero-order chi connectivity index (χ0) is 21.3.